The van der Waals surface area contributed by atoms with Crippen LogP contribution in [0.4, 0.5) is 0 Å². The molecule has 3 nitrogen and oxygen atoms in total. The van der Waals surface area contributed by atoms with E-state index in [0.717, 1.165) is 17.5 Å². The lowest BCUT2D eigenvalue weighted by molar-refractivity contribution is 0.0797. The van der Waals surface area contributed by atoms with Crippen molar-refractivity contribution in [3.8, 4) is 11.5 Å². The van der Waals surface area contributed by atoms with Gasteiger partial charge in [-0.2, -0.15) is 0 Å². The molecule has 2 aliphatic rings. The Morgan fingerprint density at radius 1 is 1.15 bits per heavy atom. The molecule has 0 saturated carbocycles. The molecule has 3 rings (SSSR count). The second-order valence-electron chi connectivity index (χ2n) is 6.28. The first-order valence-corrected chi connectivity index (χ1v) is 6.96. The third-order valence-electron chi connectivity index (χ3n) is 4.65. The number of carbonyl (C=O) groups is 1. The first-order valence-electron chi connectivity index (χ1n) is 6.96. The van der Waals surface area contributed by atoms with Gasteiger partial charge < -0.3 is 9.47 Å². The van der Waals surface area contributed by atoms with Crippen molar-refractivity contribution in [3.63, 3.8) is 0 Å². The van der Waals surface area contributed by atoms with E-state index < -0.39 is 0 Å². The number of rotatable bonds is 2. The first kappa shape index (κ1) is 13.2. The number of ketones is 1. The molecule has 2 aliphatic carbocycles. The molecule has 0 bridgehead atoms. The maximum absolute atomic E-state index is 12.8. The molecule has 0 fully saturated rings. The SMILES string of the molecule is COc1cc2c(cc1OC)[C@H]1C=CCC(C)(C)[C@H]1C2=O. The quantitative estimate of drug-likeness (QED) is 0.772. The van der Waals surface area contributed by atoms with E-state index in [2.05, 4.69) is 26.0 Å². The number of hydrogen-bond acceptors (Lipinski definition) is 3. The summed E-state index contributed by atoms with van der Waals surface area (Å²) < 4.78 is 10.7. The summed E-state index contributed by atoms with van der Waals surface area (Å²) in [6.45, 7) is 4.35. The van der Waals surface area contributed by atoms with Crippen LogP contribution in [0.25, 0.3) is 0 Å². The van der Waals surface area contributed by atoms with Gasteiger partial charge in [0.1, 0.15) is 0 Å². The van der Waals surface area contributed by atoms with Crippen molar-refractivity contribution in [2.45, 2.75) is 26.2 Å². The van der Waals surface area contributed by atoms with Gasteiger partial charge in [0.2, 0.25) is 0 Å². The van der Waals surface area contributed by atoms with Crippen LogP contribution in [0, 0.1) is 11.3 Å². The van der Waals surface area contributed by atoms with E-state index in [4.69, 9.17) is 9.47 Å². The van der Waals surface area contributed by atoms with Crippen LogP contribution in [0.15, 0.2) is 24.3 Å². The van der Waals surface area contributed by atoms with Gasteiger partial charge in [-0.25, -0.2) is 0 Å². The van der Waals surface area contributed by atoms with Gasteiger partial charge in [-0.15, -0.1) is 0 Å². The Balaban J connectivity index is 2.18. The fraction of sp³-hybridized carbons (Fsp3) is 0.471. The van der Waals surface area contributed by atoms with E-state index in [1.165, 1.54) is 0 Å². The highest BCUT2D eigenvalue weighted by Crippen LogP contribution is 2.53. The molecule has 0 spiro atoms. The summed E-state index contributed by atoms with van der Waals surface area (Å²) in [5.74, 6) is 1.75. The molecule has 3 heteroatoms. The number of Topliss-reactive ketones (excluding diaryl/α,β-unsaturated/α-hetero) is 1. The van der Waals surface area contributed by atoms with Gasteiger partial charge in [-0.05, 0) is 29.5 Å². The van der Waals surface area contributed by atoms with Crippen molar-refractivity contribution in [3.05, 3.63) is 35.4 Å². The number of allylic oxidation sites excluding steroid dienone is 2. The van der Waals surface area contributed by atoms with Gasteiger partial charge in [0.15, 0.2) is 17.3 Å². The molecule has 0 aromatic heterocycles. The van der Waals surface area contributed by atoms with Crippen molar-refractivity contribution < 1.29 is 14.3 Å². The number of ether oxygens (including phenoxy) is 2. The summed E-state index contributed by atoms with van der Waals surface area (Å²) in [6.07, 6.45) is 5.31. The van der Waals surface area contributed by atoms with Crippen molar-refractivity contribution in [1.82, 2.24) is 0 Å². The molecule has 2 atom stereocenters. The van der Waals surface area contributed by atoms with Gasteiger partial charge in [-0.3, -0.25) is 4.79 Å². The molecule has 20 heavy (non-hydrogen) atoms. The number of fused-ring (bicyclic) bond motifs is 3. The number of benzene rings is 1. The number of hydrogen-bond donors (Lipinski definition) is 0. The molecule has 0 aliphatic heterocycles. The topological polar surface area (TPSA) is 35.5 Å². The van der Waals surface area contributed by atoms with Gasteiger partial charge in [0.25, 0.3) is 0 Å². The summed E-state index contributed by atoms with van der Waals surface area (Å²) in [5.41, 5.74) is 1.86. The lowest BCUT2D eigenvalue weighted by atomic mass is 9.67. The third-order valence-corrected chi connectivity index (χ3v) is 4.65. The smallest absolute Gasteiger partial charge is 0.167 e. The minimum absolute atomic E-state index is 0.00398. The van der Waals surface area contributed by atoms with Crippen molar-refractivity contribution in [2.24, 2.45) is 11.3 Å². The van der Waals surface area contributed by atoms with Crippen molar-refractivity contribution in [1.29, 1.82) is 0 Å². The van der Waals surface area contributed by atoms with Gasteiger partial charge in [0, 0.05) is 17.4 Å². The standard InChI is InChI=1S/C17H20O3/c1-17(2)7-5-6-10-11-8-13(19-3)14(20-4)9-12(11)16(18)15(10)17/h5-6,8-10,15H,7H2,1-4H3/t10-,15-/m1/s1. The Hall–Kier alpha value is -1.77. The van der Waals surface area contributed by atoms with Gasteiger partial charge in [0.05, 0.1) is 14.2 Å². The van der Waals surface area contributed by atoms with Crippen LogP contribution in [-0.4, -0.2) is 20.0 Å². The normalized spacial score (nSPS) is 26.1. The summed E-state index contributed by atoms with van der Waals surface area (Å²) in [6, 6.07) is 3.79. The zero-order chi connectivity index (χ0) is 14.5. The van der Waals surface area contributed by atoms with E-state index in [-0.39, 0.29) is 23.0 Å². The average Bonchev–Trinajstić information content (AvgIpc) is 2.71. The van der Waals surface area contributed by atoms with E-state index in [0.29, 0.717) is 11.5 Å². The van der Waals surface area contributed by atoms with Crippen molar-refractivity contribution >= 4 is 5.78 Å². The van der Waals surface area contributed by atoms with Crippen LogP contribution >= 0.6 is 0 Å². The molecule has 0 radical (unpaired) electrons. The highest BCUT2D eigenvalue weighted by atomic mass is 16.5. The molecule has 0 N–H and O–H groups in total. The second kappa shape index (κ2) is 4.37. The number of methoxy groups -OCH3 is 2. The Kier molecular flexibility index (Phi) is 2.89. The Morgan fingerprint density at radius 2 is 1.80 bits per heavy atom. The fourth-order valence-corrected chi connectivity index (χ4v) is 3.60. The van der Waals surface area contributed by atoms with Gasteiger partial charge >= 0.3 is 0 Å². The van der Waals surface area contributed by atoms with Crippen LogP contribution < -0.4 is 9.47 Å². The largest absolute Gasteiger partial charge is 0.493 e. The highest BCUT2D eigenvalue weighted by Gasteiger charge is 2.48. The Labute approximate surface area is 119 Å². The third kappa shape index (κ3) is 1.69. The van der Waals surface area contributed by atoms with Crippen LogP contribution in [0.3, 0.4) is 0 Å². The summed E-state index contributed by atoms with van der Waals surface area (Å²) in [5, 5.41) is 0. The van der Waals surface area contributed by atoms with Crippen LogP contribution in [-0.2, 0) is 0 Å². The molecular weight excluding hydrogens is 252 g/mol. The molecule has 0 saturated heterocycles. The Bertz CT molecular complexity index is 598. The van der Waals surface area contributed by atoms with E-state index in [1.807, 2.05) is 12.1 Å². The lowest BCUT2D eigenvalue weighted by Crippen LogP contribution is -2.32. The highest BCUT2D eigenvalue weighted by molar-refractivity contribution is 6.04. The van der Waals surface area contributed by atoms with E-state index in [1.54, 1.807) is 14.2 Å². The number of carbonyl (C=O) groups excluding carboxylic acids is 1. The molecule has 1 aromatic carbocycles. The predicted molar refractivity (Wildman–Crippen MR) is 77.6 cm³/mol. The molecule has 0 unspecified atom stereocenters. The minimum Gasteiger partial charge on any atom is -0.493 e. The predicted octanol–water partition coefficient (Wildman–Crippen LogP) is 3.59. The molecular formula is C17H20O3. The summed E-state index contributed by atoms with van der Waals surface area (Å²) in [4.78, 5) is 12.8. The van der Waals surface area contributed by atoms with Crippen molar-refractivity contribution in [2.75, 3.05) is 14.2 Å². The van der Waals surface area contributed by atoms with E-state index >= 15 is 0 Å². The maximum atomic E-state index is 12.8. The zero-order valence-electron chi connectivity index (χ0n) is 12.4. The van der Waals surface area contributed by atoms with Crippen LogP contribution in [0.1, 0.15) is 42.1 Å². The van der Waals surface area contributed by atoms with Gasteiger partial charge in [-0.1, -0.05) is 26.0 Å². The maximum Gasteiger partial charge on any atom is 0.167 e. The summed E-state index contributed by atoms with van der Waals surface area (Å²) in [7, 11) is 3.22. The average molecular weight is 272 g/mol. The molecule has 0 heterocycles. The lowest BCUT2D eigenvalue weighted by Gasteiger charge is -2.36. The molecule has 106 valence electrons. The van der Waals surface area contributed by atoms with Crippen LogP contribution in [0.5, 0.6) is 11.5 Å². The van der Waals surface area contributed by atoms with E-state index in [9.17, 15) is 4.79 Å². The second-order valence-corrected chi connectivity index (χ2v) is 6.28. The minimum atomic E-state index is -0.00398. The summed E-state index contributed by atoms with van der Waals surface area (Å²) >= 11 is 0. The zero-order valence-corrected chi connectivity index (χ0v) is 12.4. The monoisotopic (exact) mass is 272 g/mol. The van der Waals surface area contributed by atoms with Crippen LogP contribution in [0.2, 0.25) is 0 Å². The fourth-order valence-electron chi connectivity index (χ4n) is 3.60. The Morgan fingerprint density at radius 3 is 2.45 bits per heavy atom. The molecule has 0 amide bonds. The molecule has 1 aromatic rings. The first-order chi connectivity index (χ1) is 9.49.